The number of aryl methyl sites for hydroxylation is 1. The van der Waals surface area contributed by atoms with Crippen molar-refractivity contribution in [2.75, 3.05) is 11.9 Å². The van der Waals surface area contributed by atoms with Crippen LogP contribution in [-0.2, 0) is 11.2 Å². The van der Waals surface area contributed by atoms with Crippen molar-refractivity contribution in [1.29, 1.82) is 0 Å². The predicted molar refractivity (Wildman–Crippen MR) is 103 cm³/mol. The Bertz CT molecular complexity index is 674. The van der Waals surface area contributed by atoms with E-state index in [0.29, 0.717) is 17.6 Å². The number of hydrogen-bond donors (Lipinski definition) is 2. The molecule has 1 heterocycles. The molecule has 1 amide bonds. The third-order valence-corrected chi connectivity index (χ3v) is 5.71. The van der Waals surface area contributed by atoms with Crippen molar-refractivity contribution in [2.24, 2.45) is 17.6 Å². The van der Waals surface area contributed by atoms with Crippen molar-refractivity contribution in [2.45, 2.75) is 32.6 Å². The number of carbonyl (C=O) groups excluding carboxylic acids is 1. The lowest BCUT2D eigenvalue weighted by molar-refractivity contribution is -0.120. The number of halogens is 1. The molecule has 1 aromatic carbocycles. The zero-order chi connectivity index (χ0) is 16.2. The summed E-state index contributed by atoms with van der Waals surface area (Å²) >= 11 is 1.58. The van der Waals surface area contributed by atoms with Crippen LogP contribution in [0.2, 0.25) is 0 Å². The first-order chi connectivity index (χ1) is 11.2. The van der Waals surface area contributed by atoms with Crippen LogP contribution in [0.15, 0.2) is 30.3 Å². The van der Waals surface area contributed by atoms with Crippen molar-refractivity contribution in [3.05, 3.63) is 35.2 Å². The van der Waals surface area contributed by atoms with Gasteiger partial charge in [0.25, 0.3) is 0 Å². The van der Waals surface area contributed by atoms with E-state index in [4.69, 9.17) is 5.73 Å². The van der Waals surface area contributed by atoms with Gasteiger partial charge in [0.05, 0.1) is 5.69 Å². The summed E-state index contributed by atoms with van der Waals surface area (Å²) in [6, 6.07) is 10.1. The quantitative estimate of drug-likeness (QED) is 0.837. The van der Waals surface area contributed by atoms with Crippen molar-refractivity contribution < 1.29 is 4.79 Å². The third-order valence-electron chi connectivity index (χ3n) is 4.59. The molecule has 1 aliphatic rings. The maximum Gasteiger partial charge on any atom is 0.229 e. The summed E-state index contributed by atoms with van der Waals surface area (Å²) in [4.78, 5) is 18.4. The van der Waals surface area contributed by atoms with Gasteiger partial charge in [0.2, 0.25) is 5.91 Å². The zero-order valence-corrected chi connectivity index (χ0v) is 15.5. The molecule has 1 fully saturated rings. The monoisotopic (exact) mass is 365 g/mol. The van der Waals surface area contributed by atoms with Crippen LogP contribution < -0.4 is 11.1 Å². The van der Waals surface area contributed by atoms with E-state index in [1.54, 1.807) is 11.3 Å². The number of rotatable bonds is 5. The third kappa shape index (κ3) is 3.97. The highest BCUT2D eigenvalue weighted by Gasteiger charge is 2.32. The molecule has 3 rings (SSSR count). The fraction of sp³-hybridized carbons (Fsp3) is 0.444. The van der Waals surface area contributed by atoms with Gasteiger partial charge in [0.15, 0.2) is 5.13 Å². The number of benzene rings is 1. The van der Waals surface area contributed by atoms with Gasteiger partial charge in [-0.3, -0.25) is 4.79 Å². The van der Waals surface area contributed by atoms with Crippen molar-refractivity contribution in [3.8, 4) is 11.3 Å². The van der Waals surface area contributed by atoms with Crippen LogP contribution in [0.3, 0.4) is 0 Å². The van der Waals surface area contributed by atoms with Crippen LogP contribution in [0, 0.1) is 11.8 Å². The topological polar surface area (TPSA) is 68.0 Å². The molecule has 4 nitrogen and oxygen atoms in total. The minimum absolute atomic E-state index is 0. The van der Waals surface area contributed by atoms with Gasteiger partial charge in [-0.1, -0.05) is 43.7 Å². The van der Waals surface area contributed by atoms with Crippen molar-refractivity contribution >= 4 is 34.8 Å². The Morgan fingerprint density at radius 2 is 2.08 bits per heavy atom. The molecule has 24 heavy (non-hydrogen) atoms. The van der Waals surface area contributed by atoms with E-state index in [2.05, 4.69) is 29.4 Å². The molecule has 3 N–H and O–H groups in total. The fourth-order valence-electron chi connectivity index (χ4n) is 3.33. The molecule has 130 valence electrons. The van der Waals surface area contributed by atoms with Gasteiger partial charge in [0, 0.05) is 16.4 Å². The summed E-state index contributed by atoms with van der Waals surface area (Å²) < 4.78 is 0. The van der Waals surface area contributed by atoms with Gasteiger partial charge < -0.3 is 11.1 Å². The molecular weight excluding hydrogens is 342 g/mol. The van der Waals surface area contributed by atoms with Crippen LogP contribution in [0.25, 0.3) is 11.3 Å². The van der Waals surface area contributed by atoms with E-state index < -0.39 is 0 Å². The summed E-state index contributed by atoms with van der Waals surface area (Å²) in [5.74, 6) is 0.428. The number of carbonyl (C=O) groups is 1. The minimum Gasteiger partial charge on any atom is -0.330 e. The van der Waals surface area contributed by atoms with Crippen LogP contribution >= 0.6 is 23.7 Å². The molecule has 1 aromatic heterocycles. The molecule has 1 saturated carbocycles. The molecule has 0 spiro atoms. The standard InChI is InChI=1S/C18H23N3OS.ClH/c1-2-15-16(12-7-4-3-5-8-12)20-18(23-15)21-17(22)14-10-6-9-13(14)11-19;/h3-5,7-8,13-14H,2,6,9-11,19H2,1H3,(H,20,21,22);1H/t13-,14-;/m1./s1. The Hall–Kier alpha value is -1.43. The number of thiazole rings is 1. The second-order valence-electron chi connectivity index (χ2n) is 6.03. The first-order valence-electron chi connectivity index (χ1n) is 8.29. The molecule has 1 aliphatic carbocycles. The summed E-state index contributed by atoms with van der Waals surface area (Å²) in [6.07, 6.45) is 3.99. The zero-order valence-electron chi connectivity index (χ0n) is 13.8. The smallest absolute Gasteiger partial charge is 0.229 e. The van der Waals surface area contributed by atoms with Gasteiger partial charge in [-0.05, 0) is 31.7 Å². The number of nitrogens with two attached hydrogens (primary N) is 1. The molecular formula is C18H24ClN3OS. The van der Waals surface area contributed by atoms with Crippen molar-refractivity contribution in [3.63, 3.8) is 0 Å². The lowest BCUT2D eigenvalue weighted by Gasteiger charge is -2.16. The Morgan fingerprint density at radius 3 is 2.75 bits per heavy atom. The Balaban J connectivity index is 0.00000208. The van der Waals surface area contributed by atoms with Gasteiger partial charge in [-0.25, -0.2) is 4.98 Å². The van der Waals surface area contributed by atoms with Crippen molar-refractivity contribution in [1.82, 2.24) is 4.98 Å². The van der Waals surface area contributed by atoms with E-state index in [9.17, 15) is 4.79 Å². The van der Waals surface area contributed by atoms with Crippen LogP contribution in [0.1, 0.15) is 31.1 Å². The lowest BCUT2D eigenvalue weighted by Crippen LogP contribution is -2.29. The highest BCUT2D eigenvalue weighted by molar-refractivity contribution is 7.16. The minimum atomic E-state index is 0. The summed E-state index contributed by atoms with van der Waals surface area (Å²) in [5.41, 5.74) is 7.87. The number of nitrogens with one attached hydrogen (secondary N) is 1. The summed E-state index contributed by atoms with van der Waals surface area (Å²) in [7, 11) is 0. The molecule has 2 aromatic rings. The molecule has 2 atom stereocenters. The van der Waals surface area contributed by atoms with E-state index in [-0.39, 0.29) is 24.2 Å². The fourth-order valence-corrected chi connectivity index (χ4v) is 4.26. The van der Waals surface area contributed by atoms with Crippen LogP contribution in [0.5, 0.6) is 0 Å². The van der Waals surface area contributed by atoms with E-state index in [0.717, 1.165) is 36.9 Å². The van der Waals surface area contributed by atoms with Crippen LogP contribution in [-0.4, -0.2) is 17.4 Å². The SMILES string of the molecule is CCc1sc(NC(=O)[C@@H]2CCC[C@@H]2CN)nc1-c1ccccc1.Cl. The van der Waals surface area contributed by atoms with Gasteiger partial charge in [0.1, 0.15) is 0 Å². The largest absolute Gasteiger partial charge is 0.330 e. The number of hydrogen-bond acceptors (Lipinski definition) is 4. The van der Waals surface area contributed by atoms with E-state index in [1.165, 1.54) is 4.88 Å². The maximum absolute atomic E-state index is 12.5. The molecule has 0 saturated heterocycles. The second kappa shape index (κ2) is 8.60. The van der Waals surface area contributed by atoms with E-state index in [1.807, 2.05) is 18.2 Å². The second-order valence-corrected chi connectivity index (χ2v) is 7.12. The molecule has 0 unspecified atom stereocenters. The highest BCUT2D eigenvalue weighted by Crippen LogP contribution is 2.34. The number of anilines is 1. The van der Waals surface area contributed by atoms with Crippen LogP contribution in [0.4, 0.5) is 5.13 Å². The van der Waals surface area contributed by atoms with Gasteiger partial charge >= 0.3 is 0 Å². The lowest BCUT2D eigenvalue weighted by atomic mass is 9.95. The normalized spacial score (nSPS) is 19.8. The molecule has 0 aliphatic heterocycles. The van der Waals surface area contributed by atoms with E-state index >= 15 is 0 Å². The molecule has 6 heteroatoms. The summed E-state index contributed by atoms with van der Waals surface area (Å²) in [5, 5.41) is 3.73. The van der Waals surface area contributed by atoms with Gasteiger partial charge in [-0.2, -0.15) is 0 Å². The first kappa shape index (κ1) is 18.9. The maximum atomic E-state index is 12.5. The molecule has 0 bridgehead atoms. The Kier molecular flexibility index (Phi) is 6.78. The summed E-state index contributed by atoms with van der Waals surface area (Å²) in [6.45, 7) is 2.71. The first-order valence-corrected chi connectivity index (χ1v) is 9.10. The highest BCUT2D eigenvalue weighted by atomic mass is 35.5. The average Bonchev–Trinajstić information content (AvgIpc) is 3.21. The Labute approximate surface area is 153 Å². The predicted octanol–water partition coefficient (Wildman–Crippen LogP) is 4.11. The number of nitrogens with zero attached hydrogens (tertiary/aromatic N) is 1. The Morgan fingerprint density at radius 1 is 1.33 bits per heavy atom. The number of amides is 1. The number of aromatic nitrogens is 1. The molecule has 0 radical (unpaired) electrons. The van der Waals surface area contributed by atoms with Gasteiger partial charge in [-0.15, -0.1) is 23.7 Å². The average molecular weight is 366 g/mol.